The molecule has 0 spiro atoms. The molecule has 0 aliphatic rings. The van der Waals surface area contributed by atoms with Crippen molar-refractivity contribution >= 4 is 5.91 Å². The van der Waals surface area contributed by atoms with E-state index < -0.39 is 0 Å². The van der Waals surface area contributed by atoms with Crippen molar-refractivity contribution in [2.24, 2.45) is 0 Å². The summed E-state index contributed by atoms with van der Waals surface area (Å²) in [5, 5.41) is 9.72. The van der Waals surface area contributed by atoms with Crippen LogP contribution in [-0.2, 0) is 11.3 Å². The van der Waals surface area contributed by atoms with Crippen LogP contribution in [0.2, 0.25) is 0 Å². The van der Waals surface area contributed by atoms with Crippen LogP contribution in [0.5, 0.6) is 0 Å². The Morgan fingerprint density at radius 3 is 2.94 bits per heavy atom. The van der Waals surface area contributed by atoms with E-state index in [-0.39, 0.29) is 11.9 Å². The first kappa shape index (κ1) is 12.7. The summed E-state index contributed by atoms with van der Waals surface area (Å²) in [6.45, 7) is 7.13. The van der Waals surface area contributed by atoms with E-state index in [0.29, 0.717) is 18.7 Å². The lowest BCUT2D eigenvalue weighted by atomic mass is 10.2. The summed E-state index contributed by atoms with van der Waals surface area (Å²) in [5.74, 6) is 0.699. The van der Waals surface area contributed by atoms with Gasteiger partial charge in [0.25, 0.3) is 0 Å². The molecular formula is C11H19N3O2. The van der Waals surface area contributed by atoms with Gasteiger partial charge in [-0.1, -0.05) is 12.1 Å². The first-order chi connectivity index (χ1) is 7.61. The number of amides is 1. The molecule has 0 aromatic carbocycles. The van der Waals surface area contributed by atoms with Gasteiger partial charge in [-0.05, 0) is 20.4 Å². The van der Waals surface area contributed by atoms with Crippen LogP contribution in [0.15, 0.2) is 10.6 Å². The minimum absolute atomic E-state index is 0.0162. The van der Waals surface area contributed by atoms with Crippen LogP contribution in [-0.4, -0.2) is 23.7 Å². The maximum atomic E-state index is 11.5. The molecule has 2 N–H and O–H groups in total. The molecule has 90 valence electrons. The lowest BCUT2D eigenvalue weighted by molar-refractivity contribution is -0.121. The quantitative estimate of drug-likeness (QED) is 0.757. The smallest absolute Gasteiger partial charge is 0.221 e. The number of hydrogen-bond acceptors (Lipinski definition) is 4. The van der Waals surface area contributed by atoms with Crippen LogP contribution >= 0.6 is 0 Å². The Labute approximate surface area is 95.6 Å². The minimum Gasteiger partial charge on any atom is -0.359 e. The Morgan fingerprint density at radius 1 is 1.62 bits per heavy atom. The van der Waals surface area contributed by atoms with Gasteiger partial charge in [-0.15, -0.1) is 0 Å². The molecule has 0 fully saturated rings. The third-order valence-corrected chi connectivity index (χ3v) is 2.18. The number of aromatic nitrogens is 1. The molecular weight excluding hydrogens is 206 g/mol. The molecule has 1 heterocycles. The summed E-state index contributed by atoms with van der Waals surface area (Å²) in [7, 11) is 0. The largest absolute Gasteiger partial charge is 0.359 e. The van der Waals surface area contributed by atoms with Crippen LogP contribution < -0.4 is 10.6 Å². The Kier molecular flexibility index (Phi) is 4.98. The van der Waals surface area contributed by atoms with E-state index in [1.165, 1.54) is 0 Å². The first-order valence-electron chi connectivity index (χ1n) is 5.54. The van der Waals surface area contributed by atoms with Gasteiger partial charge in [0.2, 0.25) is 5.91 Å². The number of nitrogens with one attached hydrogen (secondary N) is 2. The molecule has 1 aromatic heterocycles. The van der Waals surface area contributed by atoms with Gasteiger partial charge < -0.3 is 15.2 Å². The molecule has 0 radical (unpaired) electrons. The molecule has 5 heteroatoms. The summed E-state index contributed by atoms with van der Waals surface area (Å²) in [6.07, 6.45) is 0.473. The van der Waals surface area contributed by atoms with Crippen LogP contribution in [0.4, 0.5) is 0 Å². The normalized spacial score (nSPS) is 12.4. The highest BCUT2D eigenvalue weighted by Gasteiger charge is 2.08. The predicted octanol–water partition coefficient (Wildman–Crippen LogP) is 0.987. The monoisotopic (exact) mass is 225 g/mol. The maximum absolute atomic E-state index is 11.5. The third kappa shape index (κ3) is 4.44. The summed E-state index contributed by atoms with van der Waals surface area (Å²) in [6, 6.07) is 2.01. The van der Waals surface area contributed by atoms with E-state index in [1.54, 1.807) is 0 Å². The molecule has 16 heavy (non-hydrogen) atoms. The fourth-order valence-electron chi connectivity index (χ4n) is 1.46. The number of hydrogen-bond donors (Lipinski definition) is 2. The molecule has 1 rings (SSSR count). The third-order valence-electron chi connectivity index (χ3n) is 2.18. The van der Waals surface area contributed by atoms with Crippen molar-refractivity contribution in [1.29, 1.82) is 0 Å². The Bertz CT molecular complexity index is 336. The van der Waals surface area contributed by atoms with Gasteiger partial charge in [0.05, 0.1) is 12.2 Å². The van der Waals surface area contributed by atoms with Crippen molar-refractivity contribution in [3.05, 3.63) is 17.5 Å². The Balaban J connectivity index is 2.25. The molecule has 0 bridgehead atoms. The van der Waals surface area contributed by atoms with Crippen LogP contribution in [0.25, 0.3) is 0 Å². The second-order valence-corrected chi connectivity index (χ2v) is 3.87. The fourth-order valence-corrected chi connectivity index (χ4v) is 1.46. The highest BCUT2D eigenvalue weighted by atomic mass is 16.5. The number of carbonyl (C=O) groups excluding carboxylic acids is 1. The van der Waals surface area contributed by atoms with Crippen molar-refractivity contribution in [1.82, 2.24) is 15.8 Å². The first-order valence-corrected chi connectivity index (χ1v) is 5.54. The highest BCUT2D eigenvalue weighted by molar-refractivity contribution is 5.76. The van der Waals surface area contributed by atoms with E-state index in [4.69, 9.17) is 4.52 Å². The molecule has 1 atom stereocenters. The van der Waals surface area contributed by atoms with Gasteiger partial charge in [0, 0.05) is 18.5 Å². The van der Waals surface area contributed by atoms with Crippen LogP contribution in [0, 0.1) is 6.92 Å². The summed E-state index contributed by atoms with van der Waals surface area (Å²) in [4.78, 5) is 11.5. The average Bonchev–Trinajstić information content (AvgIpc) is 2.61. The predicted molar refractivity (Wildman–Crippen MR) is 60.8 cm³/mol. The molecule has 0 aliphatic carbocycles. The van der Waals surface area contributed by atoms with Gasteiger partial charge in [0.1, 0.15) is 0 Å². The van der Waals surface area contributed by atoms with Crippen LogP contribution in [0.1, 0.15) is 31.7 Å². The van der Waals surface area contributed by atoms with E-state index >= 15 is 0 Å². The van der Waals surface area contributed by atoms with Gasteiger partial charge in [-0.3, -0.25) is 4.79 Å². The van der Waals surface area contributed by atoms with Gasteiger partial charge >= 0.3 is 0 Å². The Hall–Kier alpha value is -1.36. The second-order valence-electron chi connectivity index (χ2n) is 3.87. The molecule has 1 aromatic rings. The fraction of sp³-hybridized carbons (Fsp3) is 0.636. The minimum atomic E-state index is 0.0162. The van der Waals surface area contributed by atoms with E-state index in [0.717, 1.165) is 12.2 Å². The van der Waals surface area contributed by atoms with Gasteiger partial charge in [-0.25, -0.2) is 0 Å². The zero-order valence-corrected chi connectivity index (χ0v) is 10.0. The molecule has 1 amide bonds. The summed E-state index contributed by atoms with van der Waals surface area (Å²) >= 11 is 0. The van der Waals surface area contributed by atoms with Crippen molar-refractivity contribution in [3.63, 3.8) is 0 Å². The summed E-state index contributed by atoms with van der Waals surface area (Å²) < 4.78 is 4.99. The van der Waals surface area contributed by atoms with Crippen molar-refractivity contribution in [2.45, 2.75) is 39.8 Å². The number of carbonyl (C=O) groups is 1. The molecule has 0 aliphatic heterocycles. The molecule has 5 nitrogen and oxygen atoms in total. The zero-order valence-electron chi connectivity index (χ0n) is 10.0. The average molecular weight is 225 g/mol. The van der Waals surface area contributed by atoms with E-state index in [2.05, 4.69) is 15.8 Å². The number of aryl methyl sites for hydroxylation is 1. The van der Waals surface area contributed by atoms with Crippen LogP contribution in [0.3, 0.4) is 0 Å². The maximum Gasteiger partial charge on any atom is 0.221 e. The van der Waals surface area contributed by atoms with Gasteiger partial charge in [0.15, 0.2) is 5.76 Å². The van der Waals surface area contributed by atoms with Crippen molar-refractivity contribution in [2.75, 3.05) is 6.54 Å². The standard InChI is InChI=1S/C11H19N3O2/c1-4-12-8(2)6-11(15)13-7-10-5-9(3)14-16-10/h5,8,12H,4,6-7H2,1-3H3,(H,13,15). The highest BCUT2D eigenvalue weighted by Crippen LogP contribution is 2.01. The molecule has 0 saturated heterocycles. The zero-order chi connectivity index (χ0) is 12.0. The van der Waals surface area contributed by atoms with E-state index in [1.807, 2.05) is 26.8 Å². The summed E-state index contributed by atoms with van der Waals surface area (Å²) in [5.41, 5.74) is 0.824. The van der Waals surface area contributed by atoms with Crippen molar-refractivity contribution < 1.29 is 9.32 Å². The van der Waals surface area contributed by atoms with Crippen molar-refractivity contribution in [3.8, 4) is 0 Å². The van der Waals surface area contributed by atoms with Gasteiger partial charge in [-0.2, -0.15) is 0 Å². The lowest BCUT2D eigenvalue weighted by Crippen LogP contribution is -2.33. The lowest BCUT2D eigenvalue weighted by Gasteiger charge is -2.11. The Morgan fingerprint density at radius 2 is 2.38 bits per heavy atom. The topological polar surface area (TPSA) is 67.2 Å². The SMILES string of the molecule is CCNC(C)CC(=O)NCc1cc(C)no1. The van der Waals surface area contributed by atoms with E-state index in [9.17, 15) is 4.79 Å². The number of rotatable bonds is 6. The number of nitrogens with zero attached hydrogens (tertiary/aromatic N) is 1. The molecule has 0 saturated carbocycles. The second kappa shape index (κ2) is 6.27. The molecule has 1 unspecified atom stereocenters.